The van der Waals surface area contributed by atoms with Crippen molar-refractivity contribution in [2.45, 2.75) is 82.3 Å². The number of amides is 2. The number of carbonyl (C=O) groups is 1. The van der Waals surface area contributed by atoms with Crippen LogP contribution in [0.5, 0.6) is 0 Å². The van der Waals surface area contributed by atoms with Gasteiger partial charge < -0.3 is 15.5 Å². The molecule has 0 radical (unpaired) electrons. The summed E-state index contributed by atoms with van der Waals surface area (Å²) in [5.41, 5.74) is 0. The summed E-state index contributed by atoms with van der Waals surface area (Å²) in [6.45, 7) is 2.33. The van der Waals surface area contributed by atoms with Gasteiger partial charge in [0.05, 0.1) is 0 Å². The summed E-state index contributed by atoms with van der Waals surface area (Å²) in [6, 6.07) is 1.71. The Kier molecular flexibility index (Phi) is 4.81. The molecule has 0 atom stereocenters. The lowest BCUT2D eigenvalue weighted by Crippen LogP contribution is -2.51. The van der Waals surface area contributed by atoms with E-state index in [1.54, 1.807) is 0 Å². The van der Waals surface area contributed by atoms with E-state index in [-0.39, 0.29) is 6.03 Å². The van der Waals surface area contributed by atoms with Gasteiger partial charge in [0.15, 0.2) is 0 Å². The van der Waals surface area contributed by atoms with Crippen molar-refractivity contribution in [3.8, 4) is 0 Å². The Hall–Kier alpha value is -0.770. The van der Waals surface area contributed by atoms with Gasteiger partial charge in [0.1, 0.15) is 0 Å². The third-order valence-electron chi connectivity index (χ3n) is 5.40. The lowest BCUT2D eigenvalue weighted by molar-refractivity contribution is 0.145. The van der Waals surface area contributed by atoms with Crippen molar-refractivity contribution in [2.24, 2.45) is 0 Å². The summed E-state index contributed by atoms with van der Waals surface area (Å²) in [6.07, 6.45) is 12.7. The predicted molar refractivity (Wildman–Crippen MR) is 80.8 cm³/mol. The molecule has 0 unspecified atom stereocenters. The highest BCUT2D eigenvalue weighted by Crippen LogP contribution is 2.26. The SMILES string of the molecule is O=C(NC1CCCC1)NC1CCN(C2CCCC2)CC1. The monoisotopic (exact) mass is 279 g/mol. The molecule has 1 aliphatic heterocycles. The number of likely N-dealkylation sites (tertiary alicyclic amines) is 1. The molecule has 2 aliphatic carbocycles. The van der Waals surface area contributed by atoms with Crippen LogP contribution in [0, 0.1) is 0 Å². The van der Waals surface area contributed by atoms with Crippen LogP contribution < -0.4 is 10.6 Å². The second kappa shape index (κ2) is 6.79. The molecule has 0 bridgehead atoms. The zero-order chi connectivity index (χ0) is 13.8. The van der Waals surface area contributed by atoms with Crippen LogP contribution >= 0.6 is 0 Å². The molecule has 0 spiro atoms. The van der Waals surface area contributed by atoms with Crippen LogP contribution in [0.15, 0.2) is 0 Å². The highest BCUT2D eigenvalue weighted by molar-refractivity contribution is 5.74. The van der Waals surface area contributed by atoms with Crippen LogP contribution in [-0.2, 0) is 0 Å². The van der Waals surface area contributed by atoms with Gasteiger partial charge in [-0.05, 0) is 38.5 Å². The third kappa shape index (κ3) is 3.66. The fraction of sp³-hybridized carbons (Fsp3) is 0.938. The van der Waals surface area contributed by atoms with E-state index in [0.717, 1.165) is 31.7 Å². The molecule has 2 amide bonds. The second-order valence-electron chi connectivity index (χ2n) is 6.85. The highest BCUT2D eigenvalue weighted by Gasteiger charge is 2.28. The first-order chi connectivity index (χ1) is 9.81. The Morgan fingerprint density at radius 1 is 0.750 bits per heavy atom. The smallest absolute Gasteiger partial charge is 0.315 e. The molecule has 20 heavy (non-hydrogen) atoms. The van der Waals surface area contributed by atoms with E-state index in [0.29, 0.717) is 12.1 Å². The number of urea groups is 1. The third-order valence-corrected chi connectivity index (χ3v) is 5.40. The van der Waals surface area contributed by atoms with E-state index < -0.39 is 0 Å². The minimum atomic E-state index is 0.0659. The largest absolute Gasteiger partial charge is 0.335 e. The molecule has 2 saturated carbocycles. The van der Waals surface area contributed by atoms with Crippen molar-refractivity contribution in [3.05, 3.63) is 0 Å². The van der Waals surface area contributed by atoms with E-state index in [1.807, 2.05) is 0 Å². The molecule has 0 aromatic carbocycles. The molecular weight excluding hydrogens is 250 g/mol. The maximum absolute atomic E-state index is 12.0. The van der Waals surface area contributed by atoms with Gasteiger partial charge >= 0.3 is 6.03 Å². The van der Waals surface area contributed by atoms with Gasteiger partial charge in [0.25, 0.3) is 0 Å². The van der Waals surface area contributed by atoms with Gasteiger partial charge in [-0.15, -0.1) is 0 Å². The van der Waals surface area contributed by atoms with Crippen molar-refractivity contribution in [1.82, 2.24) is 15.5 Å². The summed E-state index contributed by atoms with van der Waals surface area (Å²) in [5, 5.41) is 6.31. The maximum atomic E-state index is 12.0. The number of nitrogens with zero attached hydrogens (tertiary/aromatic N) is 1. The summed E-state index contributed by atoms with van der Waals surface area (Å²) < 4.78 is 0. The normalized spacial score (nSPS) is 27.0. The summed E-state index contributed by atoms with van der Waals surface area (Å²) in [4.78, 5) is 14.6. The van der Waals surface area contributed by atoms with Crippen molar-refractivity contribution < 1.29 is 4.79 Å². The molecule has 0 aromatic rings. The Balaban J connectivity index is 1.36. The second-order valence-corrected chi connectivity index (χ2v) is 6.85. The molecule has 4 nitrogen and oxygen atoms in total. The first-order valence-corrected chi connectivity index (χ1v) is 8.62. The molecule has 4 heteroatoms. The van der Waals surface area contributed by atoms with Gasteiger partial charge in [-0.2, -0.15) is 0 Å². The van der Waals surface area contributed by atoms with E-state index in [2.05, 4.69) is 15.5 Å². The van der Waals surface area contributed by atoms with Gasteiger partial charge in [0, 0.05) is 31.2 Å². The van der Waals surface area contributed by atoms with Crippen molar-refractivity contribution in [1.29, 1.82) is 0 Å². The standard InChI is InChI=1S/C16H29N3O/c20-16(17-13-5-1-2-6-13)18-14-9-11-19(12-10-14)15-7-3-4-8-15/h13-15H,1-12H2,(H2,17,18,20). The number of rotatable bonds is 3. The van der Waals surface area contributed by atoms with Gasteiger partial charge in [-0.1, -0.05) is 25.7 Å². The van der Waals surface area contributed by atoms with Gasteiger partial charge in [-0.3, -0.25) is 0 Å². The zero-order valence-electron chi connectivity index (χ0n) is 12.6. The van der Waals surface area contributed by atoms with Gasteiger partial charge in [-0.25, -0.2) is 4.79 Å². The summed E-state index contributed by atoms with van der Waals surface area (Å²) >= 11 is 0. The summed E-state index contributed by atoms with van der Waals surface area (Å²) in [5.74, 6) is 0. The summed E-state index contributed by atoms with van der Waals surface area (Å²) in [7, 11) is 0. The van der Waals surface area contributed by atoms with E-state index in [4.69, 9.17) is 0 Å². The van der Waals surface area contributed by atoms with Gasteiger partial charge in [0.2, 0.25) is 0 Å². The molecule has 3 rings (SSSR count). The Morgan fingerprint density at radius 3 is 1.85 bits per heavy atom. The minimum Gasteiger partial charge on any atom is -0.335 e. The Bertz CT molecular complexity index is 314. The minimum absolute atomic E-state index is 0.0659. The molecule has 2 N–H and O–H groups in total. The molecule has 3 fully saturated rings. The van der Waals surface area contributed by atoms with Crippen LogP contribution in [0.1, 0.15) is 64.2 Å². The number of carbonyl (C=O) groups excluding carboxylic acids is 1. The van der Waals surface area contributed by atoms with Crippen molar-refractivity contribution in [3.63, 3.8) is 0 Å². The highest BCUT2D eigenvalue weighted by atomic mass is 16.2. The van der Waals surface area contributed by atoms with E-state index >= 15 is 0 Å². The van der Waals surface area contributed by atoms with Crippen LogP contribution in [-0.4, -0.2) is 42.1 Å². The number of hydrogen-bond donors (Lipinski definition) is 2. The number of nitrogens with one attached hydrogen (secondary N) is 2. The molecule has 3 aliphatic rings. The first-order valence-electron chi connectivity index (χ1n) is 8.62. The average molecular weight is 279 g/mol. The lowest BCUT2D eigenvalue weighted by atomic mass is 10.0. The van der Waals surface area contributed by atoms with Crippen LogP contribution in [0.4, 0.5) is 4.79 Å². The fourth-order valence-corrected chi connectivity index (χ4v) is 4.16. The van der Waals surface area contributed by atoms with Crippen LogP contribution in [0.2, 0.25) is 0 Å². The Labute approximate surface area is 122 Å². The van der Waals surface area contributed by atoms with Crippen molar-refractivity contribution >= 4 is 6.03 Å². The average Bonchev–Trinajstić information content (AvgIpc) is 3.12. The van der Waals surface area contributed by atoms with Crippen molar-refractivity contribution in [2.75, 3.05) is 13.1 Å². The number of piperidine rings is 1. The molecule has 0 aromatic heterocycles. The van der Waals surface area contributed by atoms with Crippen LogP contribution in [0.3, 0.4) is 0 Å². The first kappa shape index (κ1) is 14.2. The lowest BCUT2D eigenvalue weighted by Gasteiger charge is -2.36. The molecule has 1 saturated heterocycles. The van der Waals surface area contributed by atoms with E-state index in [9.17, 15) is 4.79 Å². The fourth-order valence-electron chi connectivity index (χ4n) is 4.16. The van der Waals surface area contributed by atoms with E-state index in [1.165, 1.54) is 51.6 Å². The predicted octanol–water partition coefficient (Wildman–Crippen LogP) is 2.64. The molecule has 114 valence electrons. The zero-order valence-corrected chi connectivity index (χ0v) is 12.6. The Morgan fingerprint density at radius 2 is 1.25 bits per heavy atom. The van der Waals surface area contributed by atoms with Crippen LogP contribution in [0.25, 0.3) is 0 Å². The number of hydrogen-bond acceptors (Lipinski definition) is 2. The maximum Gasteiger partial charge on any atom is 0.315 e. The molecular formula is C16H29N3O. The topological polar surface area (TPSA) is 44.4 Å². The quantitative estimate of drug-likeness (QED) is 0.834. The molecule has 1 heterocycles.